The van der Waals surface area contributed by atoms with E-state index in [1.807, 2.05) is 0 Å². The van der Waals surface area contributed by atoms with Gasteiger partial charge in [0.2, 0.25) is 0 Å². The second-order valence-electron chi connectivity index (χ2n) is 4.05. The quantitative estimate of drug-likeness (QED) is 0.340. The van der Waals surface area contributed by atoms with E-state index >= 15 is 0 Å². The SMILES string of the molecule is CCCC[SiH2]C(C=NCC)C(C)C. The summed E-state index contributed by atoms with van der Waals surface area (Å²) in [4.78, 5) is 4.38. The zero-order chi connectivity index (χ0) is 10.1. The molecule has 0 aromatic rings. The van der Waals surface area contributed by atoms with Crippen LogP contribution in [0.4, 0.5) is 0 Å². The molecule has 0 N–H and O–H groups in total. The highest BCUT2D eigenvalue weighted by atomic mass is 28.2. The third kappa shape index (κ3) is 7.00. The summed E-state index contributed by atoms with van der Waals surface area (Å²) in [7, 11) is 0.0972. The summed E-state index contributed by atoms with van der Waals surface area (Å²) in [5.74, 6) is 0.804. The van der Waals surface area contributed by atoms with E-state index in [0.29, 0.717) is 0 Å². The van der Waals surface area contributed by atoms with Crippen LogP contribution in [-0.2, 0) is 0 Å². The van der Waals surface area contributed by atoms with Crippen molar-refractivity contribution in [1.29, 1.82) is 0 Å². The molecule has 0 spiro atoms. The lowest BCUT2D eigenvalue weighted by Gasteiger charge is -2.14. The van der Waals surface area contributed by atoms with Crippen LogP contribution in [-0.4, -0.2) is 22.3 Å². The van der Waals surface area contributed by atoms with E-state index < -0.39 is 0 Å². The van der Waals surface area contributed by atoms with Crippen molar-refractivity contribution < 1.29 is 0 Å². The van der Waals surface area contributed by atoms with Gasteiger partial charge in [0.25, 0.3) is 0 Å². The maximum Gasteiger partial charge on any atom is 0.0357 e. The van der Waals surface area contributed by atoms with Crippen LogP contribution in [0.5, 0.6) is 0 Å². The van der Waals surface area contributed by atoms with E-state index in [-0.39, 0.29) is 9.52 Å². The van der Waals surface area contributed by atoms with Crippen LogP contribution in [0.2, 0.25) is 11.6 Å². The Kier molecular flexibility index (Phi) is 8.41. The fraction of sp³-hybridized carbons (Fsp3) is 0.909. The molecular formula is C11H25NSi. The summed E-state index contributed by atoms with van der Waals surface area (Å²) in [6.45, 7) is 9.99. The molecule has 1 nitrogen and oxygen atoms in total. The second kappa shape index (κ2) is 8.48. The summed E-state index contributed by atoms with van der Waals surface area (Å²) in [5.41, 5.74) is 0.839. The molecule has 0 saturated carbocycles. The van der Waals surface area contributed by atoms with Gasteiger partial charge in [0.1, 0.15) is 0 Å². The van der Waals surface area contributed by atoms with Crippen molar-refractivity contribution in [3.05, 3.63) is 0 Å². The minimum atomic E-state index is 0.0972. The molecular weight excluding hydrogens is 174 g/mol. The summed E-state index contributed by atoms with van der Waals surface area (Å²) in [5, 5.41) is 0. The Hall–Kier alpha value is -0.113. The standard InChI is InChI=1S/C11H25NSi/c1-5-7-8-13-11(10(3)4)9-12-6-2/h9-11H,5-8,13H2,1-4H3. The van der Waals surface area contributed by atoms with Crippen LogP contribution in [0.3, 0.4) is 0 Å². The maximum absolute atomic E-state index is 4.38. The summed E-state index contributed by atoms with van der Waals surface area (Å²) < 4.78 is 0. The predicted octanol–water partition coefficient (Wildman–Crippen LogP) is 2.91. The molecule has 0 aromatic heterocycles. The normalized spacial score (nSPS) is 15.2. The van der Waals surface area contributed by atoms with Crippen molar-refractivity contribution in [3.8, 4) is 0 Å². The second-order valence-corrected chi connectivity index (χ2v) is 6.28. The highest BCUT2D eigenvalue weighted by Crippen LogP contribution is 2.16. The van der Waals surface area contributed by atoms with E-state index in [1.54, 1.807) is 0 Å². The van der Waals surface area contributed by atoms with Crippen molar-refractivity contribution in [2.24, 2.45) is 10.9 Å². The van der Waals surface area contributed by atoms with Gasteiger partial charge in [-0.3, -0.25) is 4.99 Å². The van der Waals surface area contributed by atoms with E-state index in [9.17, 15) is 0 Å². The molecule has 1 unspecified atom stereocenters. The lowest BCUT2D eigenvalue weighted by Crippen LogP contribution is -2.11. The van der Waals surface area contributed by atoms with Crippen molar-refractivity contribution >= 4 is 15.7 Å². The Morgan fingerprint density at radius 2 is 2.00 bits per heavy atom. The zero-order valence-corrected chi connectivity index (χ0v) is 11.1. The lowest BCUT2D eigenvalue weighted by molar-refractivity contribution is 0.679. The van der Waals surface area contributed by atoms with Gasteiger partial charge >= 0.3 is 0 Å². The number of hydrogen-bond acceptors (Lipinski definition) is 1. The van der Waals surface area contributed by atoms with Crippen LogP contribution in [0.25, 0.3) is 0 Å². The Bertz CT molecular complexity index is 132. The third-order valence-corrected chi connectivity index (χ3v) is 5.21. The molecule has 1 atom stereocenters. The minimum absolute atomic E-state index is 0.0972. The van der Waals surface area contributed by atoms with Gasteiger partial charge in [-0.1, -0.05) is 39.7 Å². The molecule has 2 heteroatoms. The van der Waals surface area contributed by atoms with Gasteiger partial charge < -0.3 is 0 Å². The van der Waals surface area contributed by atoms with Crippen LogP contribution >= 0.6 is 0 Å². The number of unbranched alkanes of at least 4 members (excludes halogenated alkanes) is 1. The first kappa shape index (κ1) is 12.9. The van der Waals surface area contributed by atoms with Gasteiger partial charge in [0.15, 0.2) is 0 Å². The number of aliphatic imine (C=N–C) groups is 1. The Morgan fingerprint density at radius 1 is 1.31 bits per heavy atom. The number of rotatable bonds is 7. The van der Waals surface area contributed by atoms with E-state index in [4.69, 9.17) is 0 Å². The predicted molar refractivity (Wildman–Crippen MR) is 65.9 cm³/mol. The van der Waals surface area contributed by atoms with Gasteiger partial charge in [0.05, 0.1) is 0 Å². The highest BCUT2D eigenvalue weighted by Gasteiger charge is 2.09. The Balaban J connectivity index is 3.74. The molecule has 78 valence electrons. The number of hydrogen-bond donors (Lipinski definition) is 0. The molecule has 0 aliphatic carbocycles. The largest absolute Gasteiger partial charge is 0.298 e. The average molecular weight is 199 g/mol. The minimum Gasteiger partial charge on any atom is -0.298 e. The van der Waals surface area contributed by atoms with Crippen molar-refractivity contribution in [2.75, 3.05) is 6.54 Å². The molecule has 0 aliphatic rings. The zero-order valence-electron chi connectivity index (χ0n) is 9.71. The maximum atomic E-state index is 4.38. The van der Waals surface area contributed by atoms with Gasteiger partial charge in [-0.25, -0.2) is 0 Å². The van der Waals surface area contributed by atoms with Gasteiger partial charge in [-0.05, 0) is 24.6 Å². The Morgan fingerprint density at radius 3 is 2.46 bits per heavy atom. The molecule has 0 amide bonds. The van der Waals surface area contributed by atoms with Crippen molar-refractivity contribution in [1.82, 2.24) is 0 Å². The molecule has 0 heterocycles. The summed E-state index contributed by atoms with van der Waals surface area (Å²) in [6.07, 6.45) is 5.00. The van der Waals surface area contributed by atoms with Crippen LogP contribution < -0.4 is 0 Å². The molecule has 0 radical (unpaired) electrons. The van der Waals surface area contributed by atoms with Crippen molar-refractivity contribution in [3.63, 3.8) is 0 Å². The average Bonchev–Trinajstić information content (AvgIpc) is 2.10. The highest BCUT2D eigenvalue weighted by molar-refractivity contribution is 6.42. The topological polar surface area (TPSA) is 12.4 Å². The molecule has 0 rings (SSSR count). The van der Waals surface area contributed by atoms with E-state index in [1.165, 1.54) is 18.9 Å². The monoisotopic (exact) mass is 199 g/mol. The molecule has 0 aromatic carbocycles. The summed E-state index contributed by atoms with van der Waals surface area (Å²) >= 11 is 0. The number of nitrogens with zero attached hydrogens (tertiary/aromatic N) is 1. The fourth-order valence-corrected chi connectivity index (χ4v) is 3.68. The van der Waals surface area contributed by atoms with Crippen LogP contribution in [0.15, 0.2) is 4.99 Å². The first-order valence-electron chi connectivity index (χ1n) is 5.72. The lowest BCUT2D eigenvalue weighted by atomic mass is 10.1. The smallest absolute Gasteiger partial charge is 0.0357 e. The molecule has 0 aliphatic heterocycles. The first-order chi connectivity index (χ1) is 6.22. The molecule has 0 fully saturated rings. The third-order valence-electron chi connectivity index (χ3n) is 2.48. The van der Waals surface area contributed by atoms with E-state index in [0.717, 1.165) is 18.0 Å². The summed E-state index contributed by atoms with van der Waals surface area (Å²) in [6, 6.07) is 1.50. The fourth-order valence-electron chi connectivity index (χ4n) is 1.45. The molecule has 0 bridgehead atoms. The van der Waals surface area contributed by atoms with Crippen LogP contribution in [0, 0.1) is 5.92 Å². The van der Waals surface area contributed by atoms with Crippen molar-refractivity contribution in [2.45, 2.75) is 52.1 Å². The van der Waals surface area contributed by atoms with Crippen LogP contribution in [0.1, 0.15) is 40.5 Å². The van der Waals surface area contributed by atoms with E-state index in [2.05, 4.69) is 38.9 Å². The van der Waals surface area contributed by atoms with Gasteiger partial charge in [-0.2, -0.15) is 0 Å². The Labute approximate surface area is 85.9 Å². The van der Waals surface area contributed by atoms with Gasteiger partial charge in [0, 0.05) is 16.1 Å². The van der Waals surface area contributed by atoms with Gasteiger partial charge in [-0.15, -0.1) is 0 Å². The molecule has 0 saturated heterocycles. The first-order valence-corrected chi connectivity index (χ1v) is 7.53. The molecule has 13 heavy (non-hydrogen) atoms.